The highest BCUT2D eigenvalue weighted by molar-refractivity contribution is 9.10. The van der Waals surface area contributed by atoms with E-state index in [0.29, 0.717) is 24.8 Å². The quantitative estimate of drug-likeness (QED) is 0.297. The highest BCUT2D eigenvalue weighted by Gasteiger charge is 2.52. The van der Waals surface area contributed by atoms with Crippen LogP contribution in [-0.4, -0.2) is 47.7 Å². The number of carbonyl (C=O) groups is 2. The van der Waals surface area contributed by atoms with Crippen molar-refractivity contribution in [2.24, 2.45) is 17.8 Å². The number of nitrogens with one attached hydrogen (secondary N) is 1. The molecule has 2 fully saturated rings. The normalized spacial score (nSPS) is 27.7. The number of carbonyl (C=O) groups excluding carboxylic acids is 1. The van der Waals surface area contributed by atoms with Crippen LogP contribution >= 0.6 is 15.9 Å². The standard InChI is InChI=1S/C26H26BrF4NO6/c27-17-4-1-15(2-5-17)18-10-25(36,38-13-14-7-8-37-12-14)11-19(22(18)24(34)35)23(33)32-21-6-3-16(9-20(21)28)26(29,30)31/h1-6,9,14,18-19,22,36H,7-8,10-13H2,(H,32,33)(H,34,35)/t14-,18-,19-,22-,25+/m0/s1. The Morgan fingerprint density at radius 3 is 2.45 bits per heavy atom. The zero-order chi connectivity index (χ0) is 27.7. The molecule has 7 nitrogen and oxygen atoms in total. The minimum atomic E-state index is -4.78. The third-order valence-corrected chi connectivity index (χ3v) is 7.56. The van der Waals surface area contributed by atoms with E-state index in [0.717, 1.165) is 17.0 Å². The highest BCUT2D eigenvalue weighted by Crippen LogP contribution is 2.47. The number of ether oxygens (including phenoxy) is 2. The van der Waals surface area contributed by atoms with Gasteiger partial charge in [0, 0.05) is 35.8 Å². The molecule has 206 valence electrons. The van der Waals surface area contributed by atoms with Crippen LogP contribution < -0.4 is 5.32 Å². The summed E-state index contributed by atoms with van der Waals surface area (Å²) in [6.07, 6.45) is -4.57. The maximum absolute atomic E-state index is 14.5. The summed E-state index contributed by atoms with van der Waals surface area (Å²) in [4.78, 5) is 25.8. The molecule has 5 atom stereocenters. The summed E-state index contributed by atoms with van der Waals surface area (Å²) in [6.45, 7) is 1.13. The zero-order valence-corrected chi connectivity index (χ0v) is 21.6. The first-order chi connectivity index (χ1) is 17.9. The van der Waals surface area contributed by atoms with Crippen LogP contribution in [0, 0.1) is 23.6 Å². The average molecular weight is 604 g/mol. The van der Waals surface area contributed by atoms with E-state index in [2.05, 4.69) is 21.2 Å². The summed E-state index contributed by atoms with van der Waals surface area (Å²) in [5.41, 5.74) is -1.22. The van der Waals surface area contributed by atoms with Gasteiger partial charge in [0.05, 0.1) is 36.3 Å². The number of anilines is 1. The number of amides is 1. The van der Waals surface area contributed by atoms with E-state index >= 15 is 0 Å². The maximum atomic E-state index is 14.5. The largest absolute Gasteiger partial charge is 0.481 e. The number of carboxylic acids is 1. The van der Waals surface area contributed by atoms with Gasteiger partial charge >= 0.3 is 12.1 Å². The Balaban J connectivity index is 1.64. The van der Waals surface area contributed by atoms with E-state index in [1.807, 2.05) is 0 Å². The van der Waals surface area contributed by atoms with E-state index in [4.69, 9.17) is 9.47 Å². The number of aliphatic carboxylic acids is 1. The molecule has 1 amide bonds. The molecule has 0 spiro atoms. The molecule has 2 aromatic rings. The van der Waals surface area contributed by atoms with Crippen LogP contribution in [0.15, 0.2) is 46.9 Å². The number of hydrogen-bond donors (Lipinski definition) is 3. The van der Waals surface area contributed by atoms with E-state index in [-0.39, 0.29) is 25.0 Å². The monoisotopic (exact) mass is 603 g/mol. The van der Waals surface area contributed by atoms with Gasteiger partial charge < -0.3 is 25.0 Å². The number of alkyl halides is 3. The van der Waals surface area contributed by atoms with Gasteiger partial charge in [-0.1, -0.05) is 28.1 Å². The van der Waals surface area contributed by atoms with Crippen LogP contribution in [0.2, 0.25) is 0 Å². The number of hydrogen-bond acceptors (Lipinski definition) is 5. The molecular weight excluding hydrogens is 578 g/mol. The summed E-state index contributed by atoms with van der Waals surface area (Å²) >= 11 is 3.32. The first-order valence-electron chi connectivity index (χ1n) is 12.0. The molecule has 2 aromatic carbocycles. The first kappa shape index (κ1) is 28.5. The average Bonchev–Trinajstić information content (AvgIpc) is 3.37. The molecule has 38 heavy (non-hydrogen) atoms. The Labute approximate surface area is 224 Å². The Morgan fingerprint density at radius 2 is 1.87 bits per heavy atom. The van der Waals surface area contributed by atoms with Crippen molar-refractivity contribution in [3.05, 3.63) is 63.9 Å². The van der Waals surface area contributed by atoms with Gasteiger partial charge in [0.2, 0.25) is 5.91 Å². The molecule has 0 radical (unpaired) electrons. The molecule has 3 N–H and O–H groups in total. The molecule has 1 saturated heterocycles. The number of carboxylic acid groups (broad SMARTS) is 1. The molecule has 1 heterocycles. The van der Waals surface area contributed by atoms with Gasteiger partial charge in [0.1, 0.15) is 5.82 Å². The molecule has 0 bridgehead atoms. The van der Waals surface area contributed by atoms with E-state index in [1.165, 1.54) is 0 Å². The molecule has 1 aliphatic heterocycles. The van der Waals surface area contributed by atoms with E-state index < -0.39 is 65.1 Å². The van der Waals surface area contributed by atoms with Crippen LogP contribution in [0.5, 0.6) is 0 Å². The van der Waals surface area contributed by atoms with Crippen LogP contribution in [0.4, 0.5) is 23.2 Å². The Kier molecular flexibility index (Phi) is 8.46. The highest BCUT2D eigenvalue weighted by atomic mass is 79.9. The lowest BCUT2D eigenvalue weighted by molar-refractivity contribution is -0.243. The van der Waals surface area contributed by atoms with Gasteiger partial charge in [-0.15, -0.1) is 0 Å². The van der Waals surface area contributed by atoms with Gasteiger partial charge in [-0.05, 0) is 42.3 Å². The molecule has 4 rings (SSSR count). The van der Waals surface area contributed by atoms with Crippen molar-refractivity contribution in [2.45, 2.75) is 37.1 Å². The molecule has 0 unspecified atom stereocenters. The fraction of sp³-hybridized carbons (Fsp3) is 0.462. The van der Waals surface area contributed by atoms with E-state index in [1.54, 1.807) is 24.3 Å². The summed E-state index contributed by atoms with van der Waals surface area (Å²) < 4.78 is 65.2. The minimum Gasteiger partial charge on any atom is -0.481 e. The fourth-order valence-electron chi connectivity index (χ4n) is 5.06. The van der Waals surface area contributed by atoms with E-state index in [9.17, 15) is 37.4 Å². The Bertz CT molecular complexity index is 1170. The molecular formula is C26H26BrF4NO6. The molecule has 2 aliphatic rings. The van der Waals surface area contributed by atoms with Gasteiger partial charge in [-0.25, -0.2) is 4.39 Å². The summed E-state index contributed by atoms with van der Waals surface area (Å²) in [5.74, 6) is -9.01. The molecule has 0 aromatic heterocycles. The third-order valence-electron chi connectivity index (χ3n) is 7.03. The van der Waals surface area contributed by atoms with Gasteiger partial charge in [0.25, 0.3) is 0 Å². The van der Waals surface area contributed by atoms with Gasteiger partial charge in [-0.2, -0.15) is 13.2 Å². The van der Waals surface area contributed by atoms with Crippen molar-refractivity contribution in [3.8, 4) is 0 Å². The third kappa shape index (κ3) is 6.53. The zero-order valence-electron chi connectivity index (χ0n) is 20.0. The Hall–Kier alpha value is -2.54. The number of halogens is 5. The maximum Gasteiger partial charge on any atom is 0.416 e. The first-order valence-corrected chi connectivity index (χ1v) is 12.8. The summed E-state index contributed by atoms with van der Waals surface area (Å²) in [5, 5.41) is 23.8. The smallest absolute Gasteiger partial charge is 0.416 e. The summed E-state index contributed by atoms with van der Waals surface area (Å²) in [7, 11) is 0. The van der Waals surface area contributed by atoms with Crippen molar-refractivity contribution < 1.29 is 46.8 Å². The van der Waals surface area contributed by atoms with Crippen LogP contribution in [-0.2, 0) is 25.2 Å². The lowest BCUT2D eigenvalue weighted by atomic mass is 9.66. The van der Waals surface area contributed by atoms with Crippen LogP contribution in [0.1, 0.15) is 36.3 Å². The minimum absolute atomic E-state index is 0.0240. The Morgan fingerprint density at radius 1 is 1.16 bits per heavy atom. The number of benzene rings is 2. The number of aliphatic hydroxyl groups is 1. The molecule has 1 aliphatic carbocycles. The second-order valence-corrected chi connectivity index (χ2v) is 10.6. The predicted molar refractivity (Wildman–Crippen MR) is 131 cm³/mol. The second kappa shape index (κ2) is 11.3. The fourth-order valence-corrected chi connectivity index (χ4v) is 5.33. The van der Waals surface area contributed by atoms with Crippen molar-refractivity contribution >= 4 is 33.5 Å². The lowest BCUT2D eigenvalue weighted by Crippen LogP contribution is -2.51. The SMILES string of the molecule is O=C(O)[C@@H]1[C@@H](C(=O)Nc2ccc(C(F)(F)F)cc2F)C[C@](O)(OC[C@H]2CCOC2)C[C@H]1c1ccc(Br)cc1. The lowest BCUT2D eigenvalue weighted by Gasteiger charge is -2.44. The van der Waals surface area contributed by atoms with Crippen LogP contribution in [0.25, 0.3) is 0 Å². The van der Waals surface area contributed by atoms with Crippen LogP contribution in [0.3, 0.4) is 0 Å². The number of rotatable bonds is 7. The van der Waals surface area contributed by atoms with Crippen molar-refractivity contribution in [1.82, 2.24) is 0 Å². The molecule has 1 saturated carbocycles. The van der Waals surface area contributed by atoms with Crippen molar-refractivity contribution in [1.29, 1.82) is 0 Å². The molecule has 12 heteroatoms. The van der Waals surface area contributed by atoms with Crippen molar-refractivity contribution in [2.75, 3.05) is 25.1 Å². The van der Waals surface area contributed by atoms with Crippen molar-refractivity contribution in [3.63, 3.8) is 0 Å². The topological polar surface area (TPSA) is 105 Å². The van der Waals surface area contributed by atoms with Gasteiger partial charge in [0.15, 0.2) is 5.79 Å². The predicted octanol–water partition coefficient (Wildman–Crippen LogP) is 5.18. The second-order valence-electron chi connectivity index (χ2n) is 9.71. The van der Waals surface area contributed by atoms with Gasteiger partial charge in [-0.3, -0.25) is 9.59 Å². The summed E-state index contributed by atoms with van der Waals surface area (Å²) in [6, 6.07) is 8.37.